The molecule has 2 nitrogen and oxygen atoms in total. The molecular weight excluding hydrogens is 254 g/mol. The van der Waals surface area contributed by atoms with Crippen LogP contribution in [0.5, 0.6) is 0 Å². The van der Waals surface area contributed by atoms with Crippen LogP contribution in [0.15, 0.2) is 35.2 Å². The summed E-state index contributed by atoms with van der Waals surface area (Å²) in [6, 6.07) is 9.93. The van der Waals surface area contributed by atoms with Gasteiger partial charge in [-0.1, -0.05) is 30.4 Å². The van der Waals surface area contributed by atoms with Crippen molar-refractivity contribution in [2.24, 2.45) is 11.5 Å². The Kier molecular flexibility index (Phi) is 6.51. The second kappa shape index (κ2) is 6.49. The monoisotopic (exact) mass is 264 g/mol. The third-order valence-electron chi connectivity index (χ3n) is 1.52. The Labute approximate surface area is 99.2 Å². The van der Waals surface area contributed by atoms with Crippen LogP contribution in [-0.2, 0) is 19.5 Å². The average Bonchev–Trinajstić information content (AvgIpc) is 2.07. The zero-order valence-corrected chi connectivity index (χ0v) is 12.0. The zero-order valence-electron chi connectivity index (χ0n) is 7.31. The van der Waals surface area contributed by atoms with E-state index in [0.717, 1.165) is 4.90 Å². The fourth-order valence-electron chi connectivity index (χ4n) is 0.931. The van der Waals surface area contributed by atoms with Crippen molar-refractivity contribution in [3.63, 3.8) is 0 Å². The normalized spacial score (nSPS) is 12.8. The van der Waals surface area contributed by atoms with Crippen LogP contribution in [0, 0.1) is 0 Å². The Morgan fingerprint density at radius 2 is 1.85 bits per heavy atom. The van der Waals surface area contributed by atoms with Gasteiger partial charge in [-0.15, -0.1) is 0 Å². The standard InChI is InChI=1S/C8H12N2S2.Zn/c9-6-12(8(10)11)7-4-2-1-3-5-7;/h1-5,12H,6,9H2,(H2,10,11);. The minimum Gasteiger partial charge on any atom is -0.386 e. The zero-order chi connectivity index (χ0) is 8.97. The first kappa shape index (κ1) is 13.0. The summed E-state index contributed by atoms with van der Waals surface area (Å²) in [6.45, 7) is 0. The van der Waals surface area contributed by atoms with E-state index in [2.05, 4.69) is 0 Å². The molecule has 1 unspecified atom stereocenters. The fourth-order valence-corrected chi connectivity index (χ4v) is 2.65. The Morgan fingerprint density at radius 3 is 2.23 bits per heavy atom. The average molecular weight is 266 g/mol. The van der Waals surface area contributed by atoms with Crippen LogP contribution < -0.4 is 11.5 Å². The number of thiocarbonyl (C=S) groups is 1. The van der Waals surface area contributed by atoms with E-state index < -0.39 is 10.9 Å². The van der Waals surface area contributed by atoms with Gasteiger partial charge in [-0.05, 0) is 17.0 Å². The predicted molar refractivity (Wildman–Crippen MR) is 59.5 cm³/mol. The molecule has 0 fully saturated rings. The Morgan fingerprint density at radius 1 is 1.31 bits per heavy atom. The van der Waals surface area contributed by atoms with Crippen molar-refractivity contribution in [1.29, 1.82) is 0 Å². The van der Waals surface area contributed by atoms with Gasteiger partial charge >= 0.3 is 0 Å². The summed E-state index contributed by atoms with van der Waals surface area (Å²) in [4.78, 5) is 1.16. The van der Waals surface area contributed by atoms with E-state index in [0.29, 0.717) is 10.2 Å². The summed E-state index contributed by atoms with van der Waals surface area (Å²) in [5, 5.41) is 0. The SMILES string of the molecule is NC[SH](C(N)=S)c1ccccc1.[Zn]. The molecule has 0 saturated heterocycles. The maximum absolute atomic E-state index is 5.57. The summed E-state index contributed by atoms with van der Waals surface area (Å²) < 4.78 is 0.527. The van der Waals surface area contributed by atoms with Crippen LogP contribution in [-0.4, -0.2) is 10.2 Å². The van der Waals surface area contributed by atoms with Crippen LogP contribution in [0.25, 0.3) is 0 Å². The maximum Gasteiger partial charge on any atom is 0.116 e. The molecule has 13 heavy (non-hydrogen) atoms. The van der Waals surface area contributed by atoms with E-state index in [4.69, 9.17) is 23.7 Å². The Bertz CT molecular complexity index is 266. The first-order valence-corrected chi connectivity index (χ1v) is 5.51. The van der Waals surface area contributed by atoms with Gasteiger partial charge in [-0.3, -0.25) is 0 Å². The van der Waals surface area contributed by atoms with Gasteiger partial charge in [0, 0.05) is 25.4 Å². The van der Waals surface area contributed by atoms with Crippen LogP contribution in [0.4, 0.5) is 0 Å². The maximum atomic E-state index is 5.57. The number of rotatable bonds is 2. The second-order valence-electron chi connectivity index (χ2n) is 2.28. The van der Waals surface area contributed by atoms with Crippen molar-refractivity contribution in [2.75, 3.05) is 5.88 Å². The van der Waals surface area contributed by atoms with Crippen molar-refractivity contribution < 1.29 is 19.5 Å². The molecule has 0 aromatic heterocycles. The topological polar surface area (TPSA) is 52.0 Å². The molecule has 68 valence electrons. The molecule has 0 bridgehead atoms. The molecule has 0 saturated carbocycles. The van der Waals surface area contributed by atoms with E-state index in [-0.39, 0.29) is 19.5 Å². The number of nitrogens with two attached hydrogens (primary N) is 2. The molecule has 0 aliphatic rings. The van der Waals surface area contributed by atoms with Crippen molar-refractivity contribution in [3.8, 4) is 0 Å². The second-order valence-corrected chi connectivity index (χ2v) is 5.25. The fraction of sp³-hybridized carbons (Fsp3) is 0.125. The van der Waals surface area contributed by atoms with Crippen molar-refractivity contribution in [2.45, 2.75) is 4.90 Å². The van der Waals surface area contributed by atoms with E-state index in [1.165, 1.54) is 0 Å². The Balaban J connectivity index is 0.00000144. The molecule has 0 amide bonds. The molecular formula is C8H12N2S2Zn. The largest absolute Gasteiger partial charge is 0.386 e. The van der Waals surface area contributed by atoms with Crippen LogP contribution in [0.3, 0.4) is 0 Å². The molecule has 5 heteroatoms. The minimum absolute atomic E-state index is 0. The molecule has 0 aliphatic heterocycles. The smallest absolute Gasteiger partial charge is 0.116 e. The van der Waals surface area contributed by atoms with E-state index in [9.17, 15) is 0 Å². The first-order valence-electron chi connectivity index (χ1n) is 3.58. The van der Waals surface area contributed by atoms with Gasteiger partial charge < -0.3 is 11.5 Å². The summed E-state index contributed by atoms with van der Waals surface area (Å²) in [6.07, 6.45) is 0. The van der Waals surface area contributed by atoms with E-state index in [1.54, 1.807) is 0 Å². The molecule has 1 rings (SSSR count). The quantitative estimate of drug-likeness (QED) is 0.428. The molecule has 0 radical (unpaired) electrons. The molecule has 0 heterocycles. The summed E-state index contributed by atoms with van der Waals surface area (Å²) in [5.41, 5.74) is 11.1. The van der Waals surface area contributed by atoms with Gasteiger partial charge in [-0.2, -0.15) is 10.9 Å². The number of hydrogen-bond acceptors (Lipinski definition) is 2. The van der Waals surface area contributed by atoms with Crippen molar-refractivity contribution >= 4 is 27.4 Å². The van der Waals surface area contributed by atoms with Gasteiger partial charge in [0.05, 0.1) is 0 Å². The van der Waals surface area contributed by atoms with Crippen LogP contribution >= 0.6 is 23.1 Å². The van der Waals surface area contributed by atoms with E-state index >= 15 is 0 Å². The Hall–Kier alpha value is 0.0434. The minimum atomic E-state index is -0.626. The van der Waals surface area contributed by atoms with Crippen LogP contribution in [0.1, 0.15) is 0 Å². The van der Waals surface area contributed by atoms with Gasteiger partial charge in [-0.25, -0.2) is 0 Å². The molecule has 0 aliphatic carbocycles. The van der Waals surface area contributed by atoms with Crippen molar-refractivity contribution in [1.82, 2.24) is 0 Å². The third-order valence-corrected chi connectivity index (χ3v) is 4.00. The molecule has 1 aromatic rings. The summed E-state index contributed by atoms with van der Waals surface area (Å²) >= 11 is 4.92. The van der Waals surface area contributed by atoms with Gasteiger partial charge in [0.15, 0.2) is 0 Å². The third kappa shape index (κ3) is 3.73. The van der Waals surface area contributed by atoms with Gasteiger partial charge in [0.2, 0.25) is 0 Å². The molecule has 4 N–H and O–H groups in total. The molecule has 0 spiro atoms. The van der Waals surface area contributed by atoms with E-state index in [1.807, 2.05) is 30.3 Å². The number of thiol groups is 1. The summed E-state index contributed by atoms with van der Waals surface area (Å²) in [7, 11) is -0.626. The number of hydrogen-bond donors (Lipinski definition) is 3. The van der Waals surface area contributed by atoms with Gasteiger partial charge in [0.1, 0.15) is 4.32 Å². The number of benzene rings is 1. The van der Waals surface area contributed by atoms with Crippen LogP contribution in [0.2, 0.25) is 0 Å². The predicted octanol–water partition coefficient (Wildman–Crippen LogP) is 1.20. The summed E-state index contributed by atoms with van der Waals surface area (Å²) in [5.74, 6) is 0.536. The molecule has 1 atom stereocenters. The van der Waals surface area contributed by atoms with Crippen molar-refractivity contribution in [3.05, 3.63) is 30.3 Å². The first-order chi connectivity index (χ1) is 5.75. The molecule has 1 aromatic carbocycles. The van der Waals surface area contributed by atoms with Gasteiger partial charge in [0.25, 0.3) is 0 Å².